The number of nitrogen functional groups attached to an aromatic ring is 1. The van der Waals surface area contributed by atoms with E-state index in [0.717, 1.165) is 22.3 Å². The monoisotopic (exact) mass is 426 g/mol. The van der Waals surface area contributed by atoms with Crippen molar-refractivity contribution >= 4 is 39.6 Å². The lowest BCUT2D eigenvalue weighted by Gasteiger charge is -2.14. The normalized spacial score (nSPS) is 11.4. The Morgan fingerprint density at radius 3 is 2.32 bits per heavy atom. The summed E-state index contributed by atoms with van der Waals surface area (Å²) in [4.78, 5) is 12.8. The molecule has 31 heavy (non-hydrogen) atoms. The van der Waals surface area contributed by atoms with E-state index in [9.17, 15) is 13.2 Å². The van der Waals surface area contributed by atoms with E-state index in [-0.39, 0.29) is 11.4 Å². The highest BCUT2D eigenvalue weighted by atomic mass is 19.4. The minimum absolute atomic E-state index is 0.246. The van der Waals surface area contributed by atoms with Gasteiger partial charge in [-0.25, -0.2) is 9.97 Å². The topological polar surface area (TPSA) is 98.0 Å². The number of benzene rings is 2. The summed E-state index contributed by atoms with van der Waals surface area (Å²) in [5.41, 5.74) is 9.46. The first-order chi connectivity index (χ1) is 14.8. The number of pyridine rings is 1. The summed E-state index contributed by atoms with van der Waals surface area (Å²) in [6, 6.07) is 14.8. The molecule has 2 heterocycles. The van der Waals surface area contributed by atoms with Gasteiger partial charge in [0.1, 0.15) is 17.8 Å². The van der Waals surface area contributed by atoms with Gasteiger partial charge in [-0.2, -0.15) is 0 Å². The summed E-state index contributed by atoms with van der Waals surface area (Å²) in [5.74, 6) is 0.356. The van der Waals surface area contributed by atoms with E-state index in [1.807, 2.05) is 37.3 Å². The van der Waals surface area contributed by atoms with E-state index in [2.05, 4.69) is 30.3 Å². The van der Waals surface area contributed by atoms with Crippen LogP contribution in [-0.2, 0) is 0 Å². The molecule has 0 bridgehead atoms. The number of fused-ring (bicyclic) bond motifs is 1. The first-order valence-corrected chi connectivity index (χ1v) is 9.15. The quantitative estimate of drug-likeness (QED) is 0.398. The number of aromatic nitrogens is 3. The number of nitrogens with one attached hydrogen (secondary N) is 2. The van der Waals surface area contributed by atoms with E-state index in [1.165, 1.54) is 30.6 Å². The molecule has 0 saturated carbocycles. The summed E-state index contributed by atoms with van der Waals surface area (Å²) in [6.45, 7) is 1.92. The lowest BCUT2D eigenvalue weighted by molar-refractivity contribution is -0.274. The number of aryl methyl sites for hydroxylation is 1. The maximum Gasteiger partial charge on any atom is 0.573 e. The van der Waals surface area contributed by atoms with Crippen LogP contribution in [0.25, 0.3) is 10.9 Å². The second-order valence-electron chi connectivity index (χ2n) is 6.63. The molecule has 2 aromatic heterocycles. The van der Waals surface area contributed by atoms with E-state index < -0.39 is 6.36 Å². The average Bonchev–Trinajstić information content (AvgIpc) is 2.71. The van der Waals surface area contributed by atoms with Crippen molar-refractivity contribution in [2.24, 2.45) is 0 Å². The van der Waals surface area contributed by atoms with Gasteiger partial charge in [0.2, 0.25) is 0 Å². The van der Waals surface area contributed by atoms with Crippen molar-refractivity contribution in [3.8, 4) is 5.75 Å². The molecule has 0 radical (unpaired) electrons. The van der Waals surface area contributed by atoms with Gasteiger partial charge in [0.25, 0.3) is 0 Å². The Hall–Kier alpha value is -4.08. The summed E-state index contributed by atoms with van der Waals surface area (Å²) in [5, 5.41) is 7.07. The lowest BCUT2D eigenvalue weighted by atomic mass is 10.1. The number of hydrogen-bond acceptors (Lipinski definition) is 7. The molecule has 2 aromatic carbocycles. The summed E-state index contributed by atoms with van der Waals surface area (Å²) < 4.78 is 40.8. The maximum atomic E-state index is 12.3. The van der Waals surface area contributed by atoms with Gasteiger partial charge in [0, 0.05) is 22.5 Å². The van der Waals surface area contributed by atoms with Crippen molar-refractivity contribution in [1.82, 2.24) is 15.0 Å². The Morgan fingerprint density at radius 1 is 0.903 bits per heavy atom. The van der Waals surface area contributed by atoms with Gasteiger partial charge in [0.05, 0.1) is 5.52 Å². The lowest BCUT2D eigenvalue weighted by Crippen LogP contribution is -2.17. The number of halogens is 3. The largest absolute Gasteiger partial charge is 0.573 e. The molecule has 0 amide bonds. The Labute approximate surface area is 175 Å². The third-order valence-electron chi connectivity index (χ3n) is 4.36. The summed E-state index contributed by atoms with van der Waals surface area (Å²) in [7, 11) is 0. The first kappa shape index (κ1) is 20.2. The Morgan fingerprint density at radius 2 is 1.61 bits per heavy atom. The van der Waals surface area contributed by atoms with E-state index in [1.54, 1.807) is 0 Å². The van der Waals surface area contributed by atoms with Gasteiger partial charge in [-0.15, -0.1) is 13.2 Å². The van der Waals surface area contributed by atoms with Crippen LogP contribution in [0.1, 0.15) is 5.69 Å². The molecule has 4 aromatic rings. The van der Waals surface area contributed by atoms with Crippen LogP contribution in [0.2, 0.25) is 0 Å². The second-order valence-corrected chi connectivity index (χ2v) is 6.63. The zero-order valence-electron chi connectivity index (χ0n) is 16.2. The Bertz CT molecular complexity index is 1230. The predicted octanol–water partition coefficient (Wildman–Crippen LogP) is 5.30. The molecular formula is C21H17F3N6O. The fourth-order valence-corrected chi connectivity index (χ4v) is 2.96. The number of ether oxygens (including phenoxy) is 1. The first-order valence-electron chi connectivity index (χ1n) is 9.15. The molecule has 0 spiro atoms. The highest BCUT2D eigenvalue weighted by Crippen LogP contribution is 2.31. The molecule has 0 atom stereocenters. The van der Waals surface area contributed by atoms with E-state index >= 15 is 0 Å². The number of anilines is 5. The number of nitrogens with zero attached hydrogens (tertiary/aromatic N) is 3. The molecule has 4 rings (SSSR count). The standard InChI is InChI=1S/C21H17F3N6O/c1-12-5-10-15-16(28-12)3-2-4-17(15)30-20-18(25)19(26-11-27-20)29-13-6-8-14(9-7-13)31-21(22,23)24/h2-11H,25H2,1H3,(H2,26,27,29,30). The van der Waals surface area contributed by atoms with Gasteiger partial charge < -0.3 is 21.1 Å². The van der Waals surface area contributed by atoms with Crippen LogP contribution in [-0.4, -0.2) is 21.3 Å². The van der Waals surface area contributed by atoms with Crippen LogP contribution in [0.15, 0.2) is 60.9 Å². The Balaban J connectivity index is 1.57. The highest BCUT2D eigenvalue weighted by Gasteiger charge is 2.30. The van der Waals surface area contributed by atoms with Gasteiger partial charge in [-0.05, 0) is 55.5 Å². The van der Waals surface area contributed by atoms with Crippen molar-refractivity contribution in [2.45, 2.75) is 13.3 Å². The number of rotatable bonds is 5. The molecule has 10 heteroatoms. The molecule has 0 aliphatic heterocycles. The van der Waals surface area contributed by atoms with Crippen LogP contribution in [0.3, 0.4) is 0 Å². The molecule has 0 unspecified atom stereocenters. The molecule has 0 aliphatic rings. The van der Waals surface area contributed by atoms with Gasteiger partial charge >= 0.3 is 6.36 Å². The van der Waals surface area contributed by atoms with Crippen LogP contribution < -0.4 is 21.1 Å². The van der Waals surface area contributed by atoms with Gasteiger partial charge in [-0.1, -0.05) is 6.07 Å². The minimum Gasteiger partial charge on any atom is -0.406 e. The van der Waals surface area contributed by atoms with Crippen molar-refractivity contribution < 1.29 is 17.9 Å². The fourth-order valence-electron chi connectivity index (χ4n) is 2.96. The fraction of sp³-hybridized carbons (Fsp3) is 0.0952. The predicted molar refractivity (Wildman–Crippen MR) is 113 cm³/mol. The maximum absolute atomic E-state index is 12.3. The zero-order valence-corrected chi connectivity index (χ0v) is 16.2. The molecule has 0 saturated heterocycles. The minimum atomic E-state index is -4.75. The van der Waals surface area contributed by atoms with Gasteiger partial charge in [-0.3, -0.25) is 4.98 Å². The molecule has 4 N–H and O–H groups in total. The zero-order chi connectivity index (χ0) is 22.0. The second kappa shape index (κ2) is 7.98. The van der Waals surface area contributed by atoms with Crippen LogP contribution in [0.4, 0.5) is 41.9 Å². The third-order valence-corrected chi connectivity index (χ3v) is 4.36. The van der Waals surface area contributed by atoms with Crippen LogP contribution >= 0.6 is 0 Å². The van der Waals surface area contributed by atoms with Crippen molar-refractivity contribution in [1.29, 1.82) is 0 Å². The number of nitrogens with two attached hydrogens (primary N) is 1. The van der Waals surface area contributed by atoms with Crippen molar-refractivity contribution in [3.05, 3.63) is 66.6 Å². The van der Waals surface area contributed by atoms with Crippen molar-refractivity contribution in [3.63, 3.8) is 0 Å². The van der Waals surface area contributed by atoms with E-state index in [0.29, 0.717) is 17.3 Å². The molecule has 0 aliphatic carbocycles. The van der Waals surface area contributed by atoms with Crippen LogP contribution in [0, 0.1) is 6.92 Å². The number of hydrogen-bond donors (Lipinski definition) is 3. The van der Waals surface area contributed by atoms with Crippen molar-refractivity contribution in [2.75, 3.05) is 16.4 Å². The molecule has 7 nitrogen and oxygen atoms in total. The van der Waals surface area contributed by atoms with Crippen LogP contribution in [0.5, 0.6) is 5.75 Å². The van der Waals surface area contributed by atoms with Gasteiger partial charge in [0.15, 0.2) is 11.6 Å². The smallest absolute Gasteiger partial charge is 0.406 e. The highest BCUT2D eigenvalue weighted by molar-refractivity contribution is 5.94. The SMILES string of the molecule is Cc1ccc2c(Nc3ncnc(Nc4ccc(OC(F)(F)F)cc4)c3N)cccc2n1. The Kier molecular flexibility index (Phi) is 5.20. The molecular weight excluding hydrogens is 409 g/mol. The summed E-state index contributed by atoms with van der Waals surface area (Å²) >= 11 is 0. The summed E-state index contributed by atoms with van der Waals surface area (Å²) in [6.07, 6.45) is -3.42. The molecule has 0 fully saturated rings. The third kappa shape index (κ3) is 4.74. The molecule has 158 valence electrons. The van der Waals surface area contributed by atoms with E-state index in [4.69, 9.17) is 5.73 Å². The number of alkyl halides is 3. The average molecular weight is 426 g/mol.